The van der Waals surface area contributed by atoms with E-state index in [1.165, 1.54) is 5.56 Å². The molecule has 162 valence electrons. The third kappa shape index (κ3) is 10.6. The van der Waals surface area contributed by atoms with Gasteiger partial charge >= 0.3 is 0 Å². The summed E-state index contributed by atoms with van der Waals surface area (Å²) in [6.45, 7) is 6.64. The van der Waals surface area contributed by atoms with E-state index in [1.807, 2.05) is 16.9 Å². The number of unbranched alkanes of at least 4 members (excludes halogenated alkanes) is 1. The summed E-state index contributed by atoms with van der Waals surface area (Å²) < 4.78 is 12.3. The Bertz CT molecular complexity index is 662. The van der Waals surface area contributed by atoms with Crippen molar-refractivity contribution >= 4 is 29.9 Å². The zero-order chi connectivity index (χ0) is 19.9. The van der Waals surface area contributed by atoms with Crippen LogP contribution in [0.5, 0.6) is 0 Å². The average molecular weight is 515 g/mol. The standard InChI is InChI=1S/C21H33N5O2.HI/c1-3-22-21(23-12-4-5-16-28-18-17-27-2)24-14-11-19-7-9-20(10-8-19)26-15-6-13-25-26;/h6-10,13,15H,3-5,11-12,14,16-18H2,1-2H3,(H2,22,23,24);1H. The molecule has 0 aliphatic carbocycles. The van der Waals surface area contributed by atoms with Gasteiger partial charge in [0.15, 0.2) is 5.96 Å². The van der Waals surface area contributed by atoms with Crippen molar-refractivity contribution in [3.8, 4) is 5.69 Å². The second-order valence-corrected chi connectivity index (χ2v) is 6.37. The number of methoxy groups -OCH3 is 1. The Hall–Kier alpha value is -1.65. The summed E-state index contributed by atoms with van der Waals surface area (Å²) in [5.41, 5.74) is 2.36. The molecule has 29 heavy (non-hydrogen) atoms. The molecule has 0 saturated carbocycles. The molecule has 1 heterocycles. The SMILES string of the molecule is CCNC(=NCCCCOCCOC)NCCc1ccc(-n2cccn2)cc1.I. The Kier molecular flexibility index (Phi) is 14.2. The van der Waals surface area contributed by atoms with Gasteiger partial charge in [-0.3, -0.25) is 4.99 Å². The predicted molar refractivity (Wildman–Crippen MR) is 129 cm³/mol. The van der Waals surface area contributed by atoms with Crippen LogP contribution in [-0.2, 0) is 15.9 Å². The lowest BCUT2D eigenvalue weighted by molar-refractivity contribution is 0.0690. The van der Waals surface area contributed by atoms with Crippen molar-refractivity contribution < 1.29 is 9.47 Å². The molecule has 0 aliphatic rings. The lowest BCUT2D eigenvalue weighted by Gasteiger charge is -2.11. The van der Waals surface area contributed by atoms with E-state index < -0.39 is 0 Å². The molecule has 1 aromatic heterocycles. The molecular weight excluding hydrogens is 481 g/mol. The summed E-state index contributed by atoms with van der Waals surface area (Å²) in [7, 11) is 1.68. The number of benzene rings is 1. The molecule has 0 atom stereocenters. The fraction of sp³-hybridized carbons (Fsp3) is 0.524. The highest BCUT2D eigenvalue weighted by Crippen LogP contribution is 2.08. The number of guanidine groups is 1. The molecule has 0 saturated heterocycles. The average Bonchev–Trinajstić information content (AvgIpc) is 3.25. The minimum absolute atomic E-state index is 0. The predicted octanol–water partition coefficient (Wildman–Crippen LogP) is 3.03. The summed E-state index contributed by atoms with van der Waals surface area (Å²) in [6.07, 6.45) is 6.69. The number of aromatic nitrogens is 2. The van der Waals surface area contributed by atoms with Crippen LogP contribution in [0, 0.1) is 0 Å². The van der Waals surface area contributed by atoms with E-state index >= 15 is 0 Å². The molecule has 0 radical (unpaired) electrons. The van der Waals surface area contributed by atoms with Crippen LogP contribution in [0.1, 0.15) is 25.3 Å². The zero-order valence-electron chi connectivity index (χ0n) is 17.5. The third-order valence-electron chi connectivity index (χ3n) is 4.15. The van der Waals surface area contributed by atoms with Crippen molar-refractivity contribution in [3.63, 3.8) is 0 Å². The summed E-state index contributed by atoms with van der Waals surface area (Å²) in [4.78, 5) is 4.63. The van der Waals surface area contributed by atoms with Crippen LogP contribution < -0.4 is 10.6 Å². The summed E-state index contributed by atoms with van der Waals surface area (Å²) >= 11 is 0. The second-order valence-electron chi connectivity index (χ2n) is 6.37. The monoisotopic (exact) mass is 515 g/mol. The van der Waals surface area contributed by atoms with Gasteiger partial charge in [-0.15, -0.1) is 24.0 Å². The van der Waals surface area contributed by atoms with Gasteiger partial charge in [0.1, 0.15) is 0 Å². The van der Waals surface area contributed by atoms with E-state index in [-0.39, 0.29) is 24.0 Å². The highest BCUT2D eigenvalue weighted by Gasteiger charge is 2.00. The van der Waals surface area contributed by atoms with Gasteiger partial charge < -0.3 is 20.1 Å². The molecule has 0 spiro atoms. The number of hydrogen-bond acceptors (Lipinski definition) is 4. The molecule has 0 unspecified atom stereocenters. The summed E-state index contributed by atoms with van der Waals surface area (Å²) in [5.74, 6) is 0.871. The Morgan fingerprint density at radius 2 is 1.93 bits per heavy atom. The molecule has 0 fully saturated rings. The first-order chi connectivity index (χ1) is 13.8. The number of aliphatic imine (C=N–C) groups is 1. The quantitative estimate of drug-likeness (QED) is 0.186. The maximum atomic E-state index is 5.46. The van der Waals surface area contributed by atoms with E-state index in [4.69, 9.17) is 9.47 Å². The van der Waals surface area contributed by atoms with E-state index in [0.717, 1.165) is 57.2 Å². The minimum atomic E-state index is 0. The highest BCUT2D eigenvalue weighted by molar-refractivity contribution is 14.0. The maximum Gasteiger partial charge on any atom is 0.191 e. The number of ether oxygens (including phenoxy) is 2. The molecular formula is C21H34IN5O2. The van der Waals surface area contributed by atoms with Crippen molar-refractivity contribution in [1.82, 2.24) is 20.4 Å². The highest BCUT2D eigenvalue weighted by atomic mass is 127. The van der Waals surface area contributed by atoms with Crippen LogP contribution in [0.2, 0.25) is 0 Å². The molecule has 2 aromatic rings. The normalized spacial score (nSPS) is 11.2. The first kappa shape index (κ1) is 25.4. The van der Waals surface area contributed by atoms with E-state index in [2.05, 4.69) is 51.9 Å². The molecule has 1 aromatic carbocycles. The first-order valence-corrected chi connectivity index (χ1v) is 10.0. The van der Waals surface area contributed by atoms with Crippen LogP contribution in [0.15, 0.2) is 47.7 Å². The lowest BCUT2D eigenvalue weighted by atomic mass is 10.1. The Morgan fingerprint density at radius 3 is 2.62 bits per heavy atom. The van der Waals surface area contributed by atoms with Crippen LogP contribution in [0.3, 0.4) is 0 Å². The minimum Gasteiger partial charge on any atom is -0.382 e. The van der Waals surface area contributed by atoms with Crippen molar-refractivity contribution in [2.45, 2.75) is 26.2 Å². The topological polar surface area (TPSA) is 72.7 Å². The van der Waals surface area contributed by atoms with Gasteiger partial charge in [0, 0.05) is 45.7 Å². The van der Waals surface area contributed by atoms with Gasteiger partial charge in [0.25, 0.3) is 0 Å². The fourth-order valence-electron chi connectivity index (χ4n) is 2.65. The number of rotatable bonds is 13. The number of nitrogens with one attached hydrogen (secondary N) is 2. The van der Waals surface area contributed by atoms with Crippen molar-refractivity contribution in [2.75, 3.05) is 46.6 Å². The zero-order valence-corrected chi connectivity index (χ0v) is 19.8. The number of hydrogen-bond donors (Lipinski definition) is 2. The van der Waals surface area contributed by atoms with Crippen molar-refractivity contribution in [1.29, 1.82) is 0 Å². The number of nitrogens with zero attached hydrogens (tertiary/aromatic N) is 3. The smallest absolute Gasteiger partial charge is 0.191 e. The van der Waals surface area contributed by atoms with E-state index in [1.54, 1.807) is 13.3 Å². The summed E-state index contributed by atoms with van der Waals surface area (Å²) in [5, 5.41) is 10.9. The van der Waals surface area contributed by atoms with Gasteiger partial charge in [0.05, 0.1) is 18.9 Å². The maximum absolute atomic E-state index is 5.46. The van der Waals surface area contributed by atoms with Gasteiger partial charge in [0.2, 0.25) is 0 Å². The Labute approximate surface area is 191 Å². The second kappa shape index (κ2) is 16.2. The van der Waals surface area contributed by atoms with Crippen LogP contribution >= 0.6 is 24.0 Å². The fourth-order valence-corrected chi connectivity index (χ4v) is 2.65. The van der Waals surface area contributed by atoms with Gasteiger partial charge in [-0.05, 0) is 49.9 Å². The van der Waals surface area contributed by atoms with Crippen molar-refractivity contribution in [2.24, 2.45) is 4.99 Å². The Morgan fingerprint density at radius 1 is 1.10 bits per heavy atom. The molecule has 7 nitrogen and oxygen atoms in total. The van der Waals surface area contributed by atoms with Gasteiger partial charge in [-0.1, -0.05) is 12.1 Å². The molecule has 0 amide bonds. The number of halogens is 1. The first-order valence-electron chi connectivity index (χ1n) is 10.0. The Balaban J connectivity index is 0.00000420. The molecule has 2 N–H and O–H groups in total. The molecule has 0 aliphatic heterocycles. The summed E-state index contributed by atoms with van der Waals surface area (Å²) in [6, 6.07) is 10.4. The molecule has 2 rings (SSSR count). The molecule has 8 heteroatoms. The largest absolute Gasteiger partial charge is 0.382 e. The third-order valence-corrected chi connectivity index (χ3v) is 4.15. The van der Waals surface area contributed by atoms with Crippen LogP contribution in [0.4, 0.5) is 0 Å². The van der Waals surface area contributed by atoms with E-state index in [9.17, 15) is 0 Å². The van der Waals surface area contributed by atoms with Gasteiger partial charge in [-0.25, -0.2) is 4.68 Å². The van der Waals surface area contributed by atoms with Crippen molar-refractivity contribution in [3.05, 3.63) is 48.3 Å². The molecule has 0 bridgehead atoms. The van der Waals surface area contributed by atoms with Crippen LogP contribution in [-0.4, -0.2) is 62.3 Å². The van der Waals surface area contributed by atoms with E-state index in [0.29, 0.717) is 13.2 Å². The van der Waals surface area contributed by atoms with Crippen LogP contribution in [0.25, 0.3) is 5.69 Å². The lowest BCUT2D eigenvalue weighted by Crippen LogP contribution is -2.38. The van der Waals surface area contributed by atoms with Gasteiger partial charge in [-0.2, -0.15) is 5.10 Å².